The number of aromatic nitrogens is 2. The van der Waals surface area contributed by atoms with Gasteiger partial charge in [0.25, 0.3) is 11.5 Å². The summed E-state index contributed by atoms with van der Waals surface area (Å²) in [5.74, 6) is -6.19. The van der Waals surface area contributed by atoms with E-state index in [2.05, 4.69) is 20.0 Å². The number of carbonyl (C=O) groups is 2. The van der Waals surface area contributed by atoms with Gasteiger partial charge in [0.1, 0.15) is 24.2 Å². The van der Waals surface area contributed by atoms with E-state index in [0.29, 0.717) is 11.0 Å². The average Bonchev–Trinajstić information content (AvgIpc) is 2.83. The van der Waals surface area contributed by atoms with Crippen molar-refractivity contribution in [2.45, 2.75) is 55.7 Å². The van der Waals surface area contributed by atoms with E-state index in [9.17, 15) is 41.2 Å². The van der Waals surface area contributed by atoms with Crippen molar-refractivity contribution >= 4 is 29.1 Å². The lowest BCUT2D eigenvalue weighted by atomic mass is 9.92. The van der Waals surface area contributed by atoms with Gasteiger partial charge < -0.3 is 10.1 Å². The van der Waals surface area contributed by atoms with Gasteiger partial charge in [0.15, 0.2) is 0 Å². The Kier molecular flexibility index (Phi) is 8.47. The number of hydrogen-bond donors (Lipinski definition) is 1. The fraction of sp³-hybridized carbons (Fsp3) is 0.409. The molecule has 37 heavy (non-hydrogen) atoms. The first-order valence-corrected chi connectivity index (χ1v) is 11.1. The van der Waals surface area contributed by atoms with Crippen molar-refractivity contribution in [3.05, 3.63) is 48.0 Å². The Morgan fingerprint density at radius 3 is 2.38 bits per heavy atom. The molecule has 2 amide bonds. The first kappa shape index (κ1) is 28.0. The molecule has 1 fully saturated rings. The molecule has 1 aromatic heterocycles. The highest BCUT2D eigenvalue weighted by atomic mass is 35.5. The van der Waals surface area contributed by atoms with Gasteiger partial charge in [-0.1, -0.05) is 11.6 Å². The lowest BCUT2D eigenvalue weighted by molar-refractivity contribution is -0.274. The van der Waals surface area contributed by atoms with E-state index in [-0.39, 0.29) is 18.4 Å². The van der Waals surface area contributed by atoms with Crippen LogP contribution in [0.5, 0.6) is 5.75 Å². The van der Waals surface area contributed by atoms with Crippen molar-refractivity contribution in [3.63, 3.8) is 0 Å². The zero-order chi connectivity index (χ0) is 27.4. The molecule has 0 radical (unpaired) electrons. The summed E-state index contributed by atoms with van der Waals surface area (Å²) in [7, 11) is 0. The quantitative estimate of drug-likeness (QED) is 0.401. The van der Waals surface area contributed by atoms with Gasteiger partial charge in [-0.05, 0) is 25.0 Å². The number of carbonyl (C=O) groups excluding carboxylic acids is 2. The third-order valence-electron chi connectivity index (χ3n) is 5.47. The van der Waals surface area contributed by atoms with Gasteiger partial charge in [0.05, 0.1) is 11.3 Å². The maximum Gasteiger partial charge on any atom is 0.573 e. The van der Waals surface area contributed by atoms with Crippen LogP contribution in [0.3, 0.4) is 0 Å². The molecule has 1 aliphatic carbocycles. The summed E-state index contributed by atoms with van der Waals surface area (Å²) in [6, 6.07) is 1.34. The SMILES string of the molecule is N#Cc1cc(OC(F)(F)F)ccc1N(C(=O)[C@@H](F)Cl)[C@H](C(=O)NC1CCC(F)(F)CC1)c1cncnc1. The second-order valence-electron chi connectivity index (χ2n) is 8.06. The molecule has 1 aromatic carbocycles. The second-order valence-corrected chi connectivity index (χ2v) is 8.44. The van der Waals surface area contributed by atoms with Gasteiger partial charge in [-0.3, -0.25) is 14.5 Å². The van der Waals surface area contributed by atoms with Crippen LogP contribution in [0.25, 0.3) is 0 Å². The topological polar surface area (TPSA) is 108 Å². The van der Waals surface area contributed by atoms with Crippen molar-refractivity contribution in [2.75, 3.05) is 4.90 Å². The fourth-order valence-electron chi connectivity index (χ4n) is 3.84. The van der Waals surface area contributed by atoms with Crippen molar-refractivity contribution in [1.29, 1.82) is 5.26 Å². The summed E-state index contributed by atoms with van der Waals surface area (Å²) in [4.78, 5) is 34.3. The van der Waals surface area contributed by atoms with Crippen LogP contribution in [-0.4, -0.2) is 45.7 Å². The van der Waals surface area contributed by atoms with E-state index in [1.54, 1.807) is 6.07 Å². The molecule has 0 saturated heterocycles. The molecule has 2 atom stereocenters. The number of ether oxygens (including phenoxy) is 1. The summed E-state index contributed by atoms with van der Waals surface area (Å²) < 4.78 is 82.9. The summed E-state index contributed by atoms with van der Waals surface area (Å²) in [6.07, 6.45) is -2.93. The lowest BCUT2D eigenvalue weighted by Gasteiger charge is -2.34. The normalized spacial score (nSPS) is 17.2. The van der Waals surface area contributed by atoms with Crippen LogP contribution in [0.2, 0.25) is 0 Å². The van der Waals surface area contributed by atoms with E-state index >= 15 is 0 Å². The van der Waals surface area contributed by atoms with Gasteiger partial charge in [-0.25, -0.2) is 23.1 Å². The lowest BCUT2D eigenvalue weighted by Crippen LogP contribution is -2.49. The van der Waals surface area contributed by atoms with E-state index < -0.39 is 71.7 Å². The Bertz CT molecular complexity index is 1170. The number of benzene rings is 1. The minimum absolute atomic E-state index is 0.0775. The average molecular weight is 550 g/mol. The predicted octanol–water partition coefficient (Wildman–Crippen LogP) is 4.55. The molecule has 3 rings (SSSR count). The standard InChI is InChI=1S/C22H18ClF6N5O3/c23-18(24)20(36)34(16-2-1-15(7-12(16)8-30)37-22(27,28)29)17(13-9-31-11-32-10-13)19(35)33-14-3-5-21(25,26)6-4-14/h1-2,7,9-11,14,17-18H,3-6H2,(H,33,35)/t17-,18+/m0/s1. The summed E-state index contributed by atoms with van der Waals surface area (Å²) >= 11 is 5.39. The summed E-state index contributed by atoms with van der Waals surface area (Å²) in [6.45, 7) is 0. The molecular formula is C22H18ClF6N5O3. The fourth-order valence-corrected chi connectivity index (χ4v) is 3.94. The molecule has 198 valence electrons. The van der Waals surface area contributed by atoms with Crippen LogP contribution in [-0.2, 0) is 9.59 Å². The molecule has 1 N–H and O–H groups in total. The maximum atomic E-state index is 14.1. The van der Waals surface area contributed by atoms with E-state index in [1.165, 1.54) is 0 Å². The molecule has 1 heterocycles. The van der Waals surface area contributed by atoms with Gasteiger partial charge in [-0.15, -0.1) is 13.2 Å². The molecule has 0 spiro atoms. The maximum absolute atomic E-state index is 14.1. The molecule has 1 aliphatic rings. The zero-order valence-electron chi connectivity index (χ0n) is 18.7. The monoisotopic (exact) mass is 549 g/mol. The van der Waals surface area contributed by atoms with Crippen LogP contribution in [0.1, 0.15) is 42.9 Å². The Balaban J connectivity index is 2.07. The molecule has 0 unspecified atom stereocenters. The highest BCUT2D eigenvalue weighted by Crippen LogP contribution is 2.36. The van der Waals surface area contributed by atoms with Crippen molar-refractivity contribution in [2.24, 2.45) is 0 Å². The second kappa shape index (κ2) is 11.2. The minimum Gasteiger partial charge on any atom is -0.406 e. The third-order valence-corrected chi connectivity index (χ3v) is 5.66. The largest absolute Gasteiger partial charge is 0.573 e. The molecular weight excluding hydrogens is 532 g/mol. The Labute approximate surface area is 211 Å². The number of alkyl halides is 7. The van der Waals surface area contributed by atoms with Gasteiger partial charge in [0.2, 0.25) is 11.8 Å². The van der Waals surface area contributed by atoms with Crippen LogP contribution < -0.4 is 15.0 Å². The first-order valence-electron chi connectivity index (χ1n) is 10.7. The minimum atomic E-state index is -5.09. The number of nitrogens with zero attached hydrogens (tertiary/aromatic N) is 4. The van der Waals surface area contributed by atoms with Crippen LogP contribution in [0.15, 0.2) is 36.9 Å². The molecule has 1 saturated carbocycles. The van der Waals surface area contributed by atoms with Crippen LogP contribution in [0, 0.1) is 11.3 Å². The summed E-state index contributed by atoms with van der Waals surface area (Å²) in [5, 5.41) is 12.1. The first-order chi connectivity index (χ1) is 17.3. The van der Waals surface area contributed by atoms with Gasteiger partial charge >= 0.3 is 6.36 Å². The third kappa shape index (κ3) is 7.22. The number of nitrogens with one attached hydrogen (secondary N) is 1. The van der Waals surface area contributed by atoms with Crippen molar-refractivity contribution in [3.8, 4) is 11.8 Å². The number of rotatable bonds is 7. The van der Waals surface area contributed by atoms with Crippen LogP contribution in [0.4, 0.5) is 32.0 Å². The van der Waals surface area contributed by atoms with Crippen molar-refractivity contribution in [1.82, 2.24) is 15.3 Å². The zero-order valence-corrected chi connectivity index (χ0v) is 19.4. The van der Waals surface area contributed by atoms with E-state index in [4.69, 9.17) is 11.6 Å². The number of halogens is 7. The smallest absolute Gasteiger partial charge is 0.406 e. The summed E-state index contributed by atoms with van der Waals surface area (Å²) in [5.41, 5.74) is -3.86. The van der Waals surface area contributed by atoms with Gasteiger partial charge in [-0.2, -0.15) is 5.26 Å². The Hall–Kier alpha value is -3.60. The highest BCUT2D eigenvalue weighted by Gasteiger charge is 2.40. The number of amides is 2. The van der Waals surface area contributed by atoms with Crippen LogP contribution >= 0.6 is 11.6 Å². The molecule has 0 aliphatic heterocycles. The highest BCUT2D eigenvalue weighted by molar-refractivity contribution is 6.32. The van der Waals surface area contributed by atoms with E-state index in [1.807, 2.05) is 0 Å². The van der Waals surface area contributed by atoms with Crippen molar-refractivity contribution < 1.29 is 40.7 Å². The molecule has 0 bridgehead atoms. The number of nitriles is 1. The molecule has 8 nitrogen and oxygen atoms in total. The Morgan fingerprint density at radius 2 is 1.84 bits per heavy atom. The molecule has 2 aromatic rings. The number of hydrogen-bond acceptors (Lipinski definition) is 6. The van der Waals surface area contributed by atoms with Gasteiger partial charge in [0, 0.05) is 42.9 Å². The molecule has 15 heteroatoms. The number of anilines is 1. The Morgan fingerprint density at radius 1 is 1.22 bits per heavy atom. The van der Waals surface area contributed by atoms with E-state index in [0.717, 1.165) is 30.9 Å². The predicted molar refractivity (Wildman–Crippen MR) is 116 cm³/mol.